The van der Waals surface area contributed by atoms with Gasteiger partial charge in [0.2, 0.25) is 6.17 Å². The Kier molecular flexibility index (Phi) is 7.08. The zero-order valence-electron chi connectivity index (χ0n) is 16.4. The van der Waals surface area contributed by atoms with Crippen molar-refractivity contribution in [2.75, 3.05) is 28.3 Å². The van der Waals surface area contributed by atoms with Gasteiger partial charge in [-0.05, 0) is 30.7 Å². The van der Waals surface area contributed by atoms with Crippen molar-refractivity contribution in [1.29, 1.82) is 0 Å². The molecule has 0 radical (unpaired) electrons. The number of carbonyl (C=O) groups is 3. The first-order valence-electron chi connectivity index (χ1n) is 9.31. The number of anilines is 2. The van der Waals surface area contributed by atoms with E-state index in [4.69, 9.17) is 5.11 Å². The number of aliphatic imine (C=N–C) groups is 1. The average molecular weight is 426 g/mol. The van der Waals surface area contributed by atoms with Crippen molar-refractivity contribution in [3.05, 3.63) is 59.7 Å². The molecule has 0 saturated carbocycles. The SMILES string of the molecule is Cc1cccc(NC(=O)NC2N=Cc3ccccc3N(CCSCC(=O)O)C2=O)c1. The Hall–Kier alpha value is -3.33. The van der Waals surface area contributed by atoms with E-state index >= 15 is 0 Å². The number of thioether (sulfide) groups is 1. The Morgan fingerprint density at radius 1 is 1.20 bits per heavy atom. The molecule has 0 saturated heterocycles. The largest absolute Gasteiger partial charge is 0.481 e. The van der Waals surface area contributed by atoms with Gasteiger partial charge in [-0.3, -0.25) is 14.6 Å². The summed E-state index contributed by atoms with van der Waals surface area (Å²) in [6, 6.07) is 14.1. The van der Waals surface area contributed by atoms with Crippen LogP contribution in [-0.4, -0.2) is 53.4 Å². The molecule has 3 amide bonds. The van der Waals surface area contributed by atoms with E-state index in [2.05, 4.69) is 15.6 Å². The monoisotopic (exact) mass is 426 g/mol. The Bertz CT molecular complexity index is 979. The zero-order chi connectivity index (χ0) is 21.5. The quantitative estimate of drug-likeness (QED) is 0.590. The average Bonchev–Trinajstić information content (AvgIpc) is 2.83. The highest BCUT2D eigenvalue weighted by atomic mass is 32.2. The van der Waals surface area contributed by atoms with Gasteiger partial charge in [0.15, 0.2) is 0 Å². The van der Waals surface area contributed by atoms with E-state index in [9.17, 15) is 14.4 Å². The highest BCUT2D eigenvalue weighted by molar-refractivity contribution is 7.99. The lowest BCUT2D eigenvalue weighted by atomic mass is 10.2. The van der Waals surface area contributed by atoms with Crippen molar-refractivity contribution < 1.29 is 19.5 Å². The molecule has 3 N–H and O–H groups in total. The van der Waals surface area contributed by atoms with Crippen molar-refractivity contribution in [3.63, 3.8) is 0 Å². The first-order chi connectivity index (χ1) is 14.4. The maximum absolute atomic E-state index is 13.1. The second-order valence-corrected chi connectivity index (χ2v) is 7.75. The molecule has 1 aliphatic rings. The van der Waals surface area contributed by atoms with Crippen molar-refractivity contribution in [2.24, 2.45) is 4.99 Å². The minimum atomic E-state index is -1.09. The topological polar surface area (TPSA) is 111 Å². The van der Waals surface area contributed by atoms with Crippen LogP contribution in [-0.2, 0) is 9.59 Å². The minimum absolute atomic E-state index is 0.0409. The molecule has 0 bridgehead atoms. The molecule has 0 spiro atoms. The van der Waals surface area contributed by atoms with Crippen LogP contribution < -0.4 is 15.5 Å². The molecular weight excluding hydrogens is 404 g/mol. The summed E-state index contributed by atoms with van der Waals surface area (Å²) in [4.78, 5) is 42.1. The maximum Gasteiger partial charge on any atom is 0.321 e. The molecular formula is C21H22N4O4S. The molecule has 3 rings (SSSR count). The molecule has 8 nitrogen and oxygen atoms in total. The van der Waals surface area contributed by atoms with Crippen LogP contribution in [0.2, 0.25) is 0 Å². The van der Waals surface area contributed by atoms with Crippen molar-refractivity contribution in [2.45, 2.75) is 13.1 Å². The number of fused-ring (bicyclic) bond motifs is 1. The fraction of sp³-hybridized carbons (Fsp3) is 0.238. The number of para-hydroxylation sites is 1. The van der Waals surface area contributed by atoms with Crippen LogP contribution in [0.5, 0.6) is 0 Å². The lowest BCUT2D eigenvalue weighted by Gasteiger charge is -2.25. The van der Waals surface area contributed by atoms with Crippen LogP contribution in [0, 0.1) is 6.92 Å². The first-order valence-corrected chi connectivity index (χ1v) is 10.5. The standard InChI is InChI=1S/C21H22N4O4S/c1-14-5-4-7-16(11-14)23-21(29)24-19-20(28)25(9-10-30-13-18(26)27)17-8-3-2-6-15(17)12-22-19/h2-8,11-12,19H,9-10,13H2,1H3,(H,26,27)(H2,23,24,29). The number of benzodiazepines with no additional fused rings is 1. The van der Waals surface area contributed by atoms with Gasteiger partial charge in [0.1, 0.15) is 0 Å². The first kappa shape index (κ1) is 21.4. The van der Waals surface area contributed by atoms with Crippen LogP contribution in [0.1, 0.15) is 11.1 Å². The minimum Gasteiger partial charge on any atom is -0.481 e. The van der Waals surface area contributed by atoms with Gasteiger partial charge in [0, 0.05) is 29.8 Å². The number of rotatable bonds is 7. The highest BCUT2D eigenvalue weighted by Gasteiger charge is 2.29. The predicted molar refractivity (Wildman–Crippen MR) is 118 cm³/mol. The van der Waals surface area contributed by atoms with E-state index in [0.717, 1.165) is 11.1 Å². The third-order valence-corrected chi connectivity index (χ3v) is 5.24. The third-order valence-electron chi connectivity index (χ3n) is 4.32. The Labute approximate surface area is 178 Å². The van der Waals surface area contributed by atoms with Crippen LogP contribution in [0.4, 0.5) is 16.2 Å². The number of carboxylic acids is 1. The summed E-state index contributed by atoms with van der Waals surface area (Å²) in [5, 5.41) is 14.1. The number of hydrogen-bond donors (Lipinski definition) is 3. The molecule has 1 heterocycles. The Balaban J connectivity index is 1.73. The second-order valence-electron chi connectivity index (χ2n) is 6.64. The number of carbonyl (C=O) groups excluding carboxylic acids is 2. The number of aliphatic carboxylic acids is 1. The second kappa shape index (κ2) is 9.93. The van der Waals surface area contributed by atoms with Crippen molar-refractivity contribution in [1.82, 2.24) is 5.32 Å². The molecule has 1 atom stereocenters. The summed E-state index contributed by atoms with van der Waals surface area (Å²) in [6.45, 7) is 2.22. The highest BCUT2D eigenvalue weighted by Crippen LogP contribution is 2.23. The predicted octanol–water partition coefficient (Wildman–Crippen LogP) is 2.73. The summed E-state index contributed by atoms with van der Waals surface area (Å²) in [5.74, 6) is -0.889. The van der Waals surface area contributed by atoms with E-state index in [1.807, 2.05) is 43.3 Å². The summed E-state index contributed by atoms with van der Waals surface area (Å²) < 4.78 is 0. The Morgan fingerprint density at radius 3 is 2.77 bits per heavy atom. The number of amides is 3. The van der Waals surface area contributed by atoms with Gasteiger partial charge >= 0.3 is 12.0 Å². The van der Waals surface area contributed by atoms with Gasteiger partial charge in [0.05, 0.1) is 11.4 Å². The number of nitrogens with one attached hydrogen (secondary N) is 2. The lowest BCUT2D eigenvalue weighted by molar-refractivity contribution is -0.133. The summed E-state index contributed by atoms with van der Waals surface area (Å²) in [5.41, 5.74) is 3.03. The molecule has 1 unspecified atom stereocenters. The molecule has 2 aromatic rings. The summed E-state index contributed by atoms with van der Waals surface area (Å²) in [6.07, 6.45) is 0.474. The van der Waals surface area contributed by atoms with E-state index < -0.39 is 18.2 Å². The number of carboxylic acid groups (broad SMARTS) is 1. The van der Waals surface area contributed by atoms with Crippen LogP contribution in [0.15, 0.2) is 53.5 Å². The van der Waals surface area contributed by atoms with Crippen molar-refractivity contribution in [3.8, 4) is 0 Å². The number of nitrogens with zero attached hydrogens (tertiary/aromatic N) is 2. The molecule has 1 aliphatic heterocycles. The molecule has 9 heteroatoms. The Morgan fingerprint density at radius 2 is 2.00 bits per heavy atom. The summed E-state index contributed by atoms with van der Waals surface area (Å²) in [7, 11) is 0. The normalized spacial score (nSPS) is 15.3. The van der Waals surface area contributed by atoms with E-state index in [1.165, 1.54) is 16.7 Å². The molecule has 2 aromatic carbocycles. The molecule has 0 fully saturated rings. The van der Waals surface area contributed by atoms with E-state index in [1.54, 1.807) is 18.3 Å². The third kappa shape index (κ3) is 5.60. The number of hydrogen-bond acceptors (Lipinski definition) is 5. The smallest absolute Gasteiger partial charge is 0.321 e. The van der Waals surface area contributed by atoms with Crippen LogP contribution in [0.25, 0.3) is 0 Å². The van der Waals surface area contributed by atoms with Gasteiger partial charge in [-0.25, -0.2) is 4.79 Å². The number of benzene rings is 2. The van der Waals surface area contributed by atoms with Gasteiger partial charge in [0.25, 0.3) is 5.91 Å². The fourth-order valence-corrected chi connectivity index (χ4v) is 3.62. The van der Waals surface area contributed by atoms with Gasteiger partial charge < -0.3 is 20.6 Å². The van der Waals surface area contributed by atoms with Crippen molar-refractivity contribution >= 4 is 47.3 Å². The number of aryl methyl sites for hydroxylation is 1. The van der Waals surface area contributed by atoms with Gasteiger partial charge in [-0.1, -0.05) is 30.3 Å². The lowest BCUT2D eigenvalue weighted by Crippen LogP contribution is -2.49. The molecule has 156 valence electrons. The molecule has 0 aliphatic carbocycles. The van der Waals surface area contributed by atoms with Gasteiger partial charge in [-0.2, -0.15) is 0 Å². The van der Waals surface area contributed by atoms with E-state index in [0.29, 0.717) is 23.7 Å². The van der Waals surface area contributed by atoms with Crippen LogP contribution in [0.3, 0.4) is 0 Å². The summed E-state index contributed by atoms with van der Waals surface area (Å²) >= 11 is 1.22. The maximum atomic E-state index is 13.1. The fourth-order valence-electron chi connectivity index (χ4n) is 2.99. The van der Waals surface area contributed by atoms with Crippen LogP contribution >= 0.6 is 11.8 Å². The molecule has 30 heavy (non-hydrogen) atoms. The van der Waals surface area contributed by atoms with E-state index in [-0.39, 0.29) is 11.7 Å². The van der Waals surface area contributed by atoms with Gasteiger partial charge in [-0.15, -0.1) is 11.8 Å². The zero-order valence-corrected chi connectivity index (χ0v) is 17.2. The number of urea groups is 1. The molecule has 0 aromatic heterocycles.